The Morgan fingerprint density at radius 3 is 2.42 bits per heavy atom. The van der Waals surface area contributed by atoms with E-state index in [0.29, 0.717) is 69.8 Å². The number of halogens is 3. The zero-order chi connectivity index (χ0) is 27.1. The minimum atomic E-state index is -4.15. The third-order valence-corrected chi connectivity index (χ3v) is 10.9. The molecule has 3 saturated heterocycles. The molecule has 0 aromatic carbocycles. The first-order valence-electron chi connectivity index (χ1n) is 13.8. The Balaban J connectivity index is 1.09. The number of amides is 1. The summed E-state index contributed by atoms with van der Waals surface area (Å²) in [6.45, 7) is 1.15. The number of carbonyl (C=O) groups is 1. The number of alkyl halides is 3. The average Bonchev–Trinajstić information content (AvgIpc) is 3.58. The number of carbonyl (C=O) groups excluding carboxylic acids is 1. The van der Waals surface area contributed by atoms with E-state index in [1.165, 1.54) is 0 Å². The minimum Gasteiger partial charge on any atom is -0.360 e. The van der Waals surface area contributed by atoms with E-state index < -0.39 is 27.9 Å². The molecule has 1 saturated carbocycles. The van der Waals surface area contributed by atoms with Crippen LogP contribution in [0.3, 0.4) is 0 Å². The molecule has 2 unspecified atom stereocenters. The summed E-state index contributed by atoms with van der Waals surface area (Å²) in [6.07, 6.45) is 0.808. The Hall–Kier alpha value is -1.70. The van der Waals surface area contributed by atoms with Crippen LogP contribution in [0.15, 0.2) is 10.6 Å². The lowest BCUT2D eigenvalue weighted by atomic mass is 9.83. The van der Waals surface area contributed by atoms with Crippen molar-refractivity contribution < 1.29 is 30.9 Å². The second kappa shape index (κ2) is 11.1. The van der Waals surface area contributed by atoms with Crippen LogP contribution in [-0.2, 0) is 10.0 Å². The number of nitrogens with zero attached hydrogens (tertiary/aromatic N) is 3. The van der Waals surface area contributed by atoms with Crippen molar-refractivity contribution in [3.05, 3.63) is 17.5 Å². The Morgan fingerprint density at radius 1 is 1.16 bits per heavy atom. The van der Waals surface area contributed by atoms with Crippen molar-refractivity contribution in [3.8, 4) is 0 Å². The van der Waals surface area contributed by atoms with Gasteiger partial charge in [-0.2, -0.15) is 13.2 Å². The molecule has 0 spiro atoms. The van der Waals surface area contributed by atoms with Crippen molar-refractivity contribution in [2.75, 3.05) is 26.7 Å². The van der Waals surface area contributed by atoms with Crippen molar-refractivity contribution in [2.45, 2.75) is 106 Å². The molecule has 2 bridgehead atoms. The number of piperidine rings is 3. The zero-order valence-electron chi connectivity index (χ0n) is 21.8. The van der Waals surface area contributed by atoms with Gasteiger partial charge in [-0.3, -0.25) is 4.79 Å². The molecule has 2 N–H and O–H groups in total. The molecule has 1 aromatic rings. The zero-order valence-corrected chi connectivity index (χ0v) is 22.6. The summed E-state index contributed by atoms with van der Waals surface area (Å²) in [5.74, 6) is 0.902. The third-order valence-electron chi connectivity index (χ3n) is 8.58. The van der Waals surface area contributed by atoms with E-state index >= 15 is 0 Å². The standard InChI is InChI=1S/C25H38F3N5O4S/c1-32(8-2-7-25(26,27)28)20-5-9-33(10-6-20)38(35,36)21-13-18-11-17(12-19(14-21)29-18)30-24(34)22-15-23(37-31-22)16-3-4-16/h15-21,29H,2-14H2,1H3,(H,30,34)/t17?,18-,19+,21?. The maximum atomic E-state index is 13.5. The number of rotatable bonds is 9. The molecule has 0 radical (unpaired) electrons. The van der Waals surface area contributed by atoms with Crippen LogP contribution in [0.1, 0.15) is 86.4 Å². The van der Waals surface area contributed by atoms with Gasteiger partial charge in [0.2, 0.25) is 10.0 Å². The van der Waals surface area contributed by atoms with Crippen molar-refractivity contribution in [1.29, 1.82) is 0 Å². The van der Waals surface area contributed by atoms with Crippen LogP contribution in [0.25, 0.3) is 0 Å². The van der Waals surface area contributed by atoms with Crippen LogP contribution in [0, 0.1) is 0 Å². The van der Waals surface area contributed by atoms with Crippen LogP contribution >= 0.6 is 0 Å². The van der Waals surface area contributed by atoms with Gasteiger partial charge in [0.05, 0.1) is 5.25 Å². The van der Waals surface area contributed by atoms with Gasteiger partial charge < -0.3 is 20.1 Å². The highest BCUT2D eigenvalue weighted by Crippen LogP contribution is 2.40. The molecule has 1 amide bonds. The van der Waals surface area contributed by atoms with Crippen LogP contribution < -0.4 is 10.6 Å². The fourth-order valence-corrected chi connectivity index (χ4v) is 8.44. The van der Waals surface area contributed by atoms with Gasteiger partial charge in [-0.1, -0.05) is 5.16 Å². The molecule has 4 aliphatic rings. The lowest BCUT2D eigenvalue weighted by Crippen LogP contribution is -2.60. The molecule has 3 aliphatic heterocycles. The fraction of sp³-hybridized carbons (Fsp3) is 0.840. The number of hydrogen-bond acceptors (Lipinski definition) is 7. The summed E-state index contributed by atoms with van der Waals surface area (Å²) < 4.78 is 71.2. The van der Waals surface area contributed by atoms with Gasteiger partial charge in [0.25, 0.3) is 5.91 Å². The summed E-state index contributed by atoms with van der Waals surface area (Å²) in [4.78, 5) is 14.6. The van der Waals surface area contributed by atoms with E-state index in [-0.39, 0.29) is 36.5 Å². The van der Waals surface area contributed by atoms with Gasteiger partial charge >= 0.3 is 6.18 Å². The predicted molar refractivity (Wildman–Crippen MR) is 134 cm³/mol. The highest BCUT2D eigenvalue weighted by Gasteiger charge is 2.44. The molecular formula is C25H38F3N5O4S. The van der Waals surface area contributed by atoms with Gasteiger partial charge in [-0.25, -0.2) is 12.7 Å². The second-order valence-corrected chi connectivity index (χ2v) is 13.8. The van der Waals surface area contributed by atoms with Gasteiger partial charge in [-0.15, -0.1) is 0 Å². The maximum Gasteiger partial charge on any atom is 0.389 e. The molecule has 9 nitrogen and oxygen atoms in total. The van der Waals surface area contributed by atoms with Gasteiger partial charge in [0.1, 0.15) is 5.76 Å². The summed E-state index contributed by atoms with van der Waals surface area (Å²) in [6, 6.07) is 1.78. The van der Waals surface area contributed by atoms with Gasteiger partial charge in [0.15, 0.2) is 5.69 Å². The molecule has 1 aromatic heterocycles. The lowest BCUT2D eigenvalue weighted by molar-refractivity contribution is -0.136. The molecule has 4 heterocycles. The molecule has 38 heavy (non-hydrogen) atoms. The van der Waals surface area contributed by atoms with Crippen molar-refractivity contribution in [1.82, 2.24) is 25.0 Å². The summed E-state index contributed by atoms with van der Waals surface area (Å²) >= 11 is 0. The molecular weight excluding hydrogens is 523 g/mol. The maximum absolute atomic E-state index is 13.5. The predicted octanol–water partition coefficient (Wildman–Crippen LogP) is 3.00. The summed E-state index contributed by atoms with van der Waals surface area (Å²) in [5, 5.41) is 10.0. The van der Waals surface area contributed by atoms with E-state index in [0.717, 1.165) is 18.6 Å². The lowest BCUT2D eigenvalue weighted by Gasteiger charge is -2.45. The largest absolute Gasteiger partial charge is 0.389 e. The quantitative estimate of drug-likeness (QED) is 0.477. The molecule has 4 fully saturated rings. The molecule has 4 atom stereocenters. The van der Waals surface area contributed by atoms with Crippen LogP contribution in [0.2, 0.25) is 0 Å². The Kier molecular flexibility index (Phi) is 8.10. The Bertz CT molecular complexity index is 1070. The number of nitrogens with one attached hydrogen (secondary N) is 2. The number of hydrogen-bond donors (Lipinski definition) is 2. The molecule has 214 valence electrons. The van der Waals surface area contributed by atoms with Crippen molar-refractivity contribution in [3.63, 3.8) is 0 Å². The van der Waals surface area contributed by atoms with Crippen LogP contribution in [-0.4, -0.2) is 91.0 Å². The summed E-state index contributed by atoms with van der Waals surface area (Å²) in [7, 11) is -1.66. The van der Waals surface area contributed by atoms with E-state index in [2.05, 4.69) is 15.8 Å². The van der Waals surface area contributed by atoms with Gasteiger partial charge in [0, 0.05) is 55.7 Å². The monoisotopic (exact) mass is 561 g/mol. The third kappa shape index (κ3) is 6.71. The van der Waals surface area contributed by atoms with Crippen LogP contribution in [0.5, 0.6) is 0 Å². The SMILES string of the molecule is CN(CCCC(F)(F)F)C1CCN(S(=O)(=O)C2C[C@H]3CC(NC(=O)c4cc(C5CC5)on4)C[C@@H](C2)N3)CC1. The minimum absolute atomic E-state index is 0.00390. The number of aromatic nitrogens is 1. The van der Waals surface area contributed by atoms with Crippen molar-refractivity contribution >= 4 is 15.9 Å². The first kappa shape index (κ1) is 27.9. The topological polar surface area (TPSA) is 108 Å². The average molecular weight is 562 g/mol. The summed E-state index contributed by atoms with van der Waals surface area (Å²) in [5.41, 5.74) is 0.297. The van der Waals surface area contributed by atoms with E-state index in [9.17, 15) is 26.4 Å². The second-order valence-electron chi connectivity index (χ2n) is 11.6. The van der Waals surface area contributed by atoms with E-state index in [4.69, 9.17) is 4.52 Å². The Labute approximate surface area is 221 Å². The van der Waals surface area contributed by atoms with E-state index in [1.807, 2.05) is 11.9 Å². The first-order chi connectivity index (χ1) is 18.0. The highest BCUT2D eigenvalue weighted by atomic mass is 32.2. The number of sulfonamides is 1. The molecule has 1 aliphatic carbocycles. The van der Waals surface area contributed by atoms with Crippen molar-refractivity contribution in [2.24, 2.45) is 0 Å². The van der Waals surface area contributed by atoms with E-state index in [1.54, 1.807) is 10.4 Å². The van der Waals surface area contributed by atoms with Crippen LogP contribution in [0.4, 0.5) is 13.2 Å². The fourth-order valence-electron chi connectivity index (χ4n) is 6.35. The highest BCUT2D eigenvalue weighted by molar-refractivity contribution is 7.89. The normalized spacial score (nSPS) is 29.5. The first-order valence-corrected chi connectivity index (χ1v) is 15.3. The number of fused-ring (bicyclic) bond motifs is 2. The Morgan fingerprint density at radius 2 is 1.82 bits per heavy atom. The molecule has 5 rings (SSSR count). The smallest absolute Gasteiger partial charge is 0.360 e. The van der Waals surface area contributed by atoms with Gasteiger partial charge in [-0.05, 0) is 71.4 Å². The molecule has 13 heteroatoms.